The lowest BCUT2D eigenvalue weighted by Gasteiger charge is -2.12. The Morgan fingerprint density at radius 3 is 2.70 bits per heavy atom. The molecule has 0 aliphatic carbocycles. The van der Waals surface area contributed by atoms with Gasteiger partial charge in [-0.05, 0) is 67.2 Å². The van der Waals surface area contributed by atoms with Crippen LogP contribution in [0.25, 0.3) is 6.08 Å². The molecule has 0 radical (unpaired) electrons. The summed E-state index contributed by atoms with van der Waals surface area (Å²) < 4.78 is 26.1. The number of hydrogen-bond acceptors (Lipinski definition) is 5. The fourth-order valence-corrected chi connectivity index (χ4v) is 3.68. The predicted molar refractivity (Wildman–Crippen MR) is 126 cm³/mol. The van der Waals surface area contributed by atoms with E-state index in [2.05, 4.69) is 10.4 Å². The lowest BCUT2D eigenvalue weighted by molar-refractivity contribution is -0.122. The first-order valence-corrected chi connectivity index (χ1v) is 10.8. The van der Waals surface area contributed by atoms with Crippen LogP contribution in [0.1, 0.15) is 23.6 Å². The van der Waals surface area contributed by atoms with Gasteiger partial charge < -0.3 is 14.8 Å². The van der Waals surface area contributed by atoms with Gasteiger partial charge in [-0.3, -0.25) is 14.4 Å². The summed E-state index contributed by atoms with van der Waals surface area (Å²) in [7, 11) is 1.58. The molecule has 2 heterocycles. The number of nitrogens with zero attached hydrogens (tertiary/aromatic N) is 3. The van der Waals surface area contributed by atoms with Gasteiger partial charge >= 0.3 is 0 Å². The lowest BCUT2D eigenvalue weighted by Crippen LogP contribution is -2.29. The SMILES string of the molecule is CCn1cc(CN2C(=O)/C(=C\c3ccc(OC)c(COc4ccc(F)cc4)c3)NC2=S)cn1. The summed E-state index contributed by atoms with van der Waals surface area (Å²) in [5, 5.41) is 7.59. The molecule has 33 heavy (non-hydrogen) atoms. The Hall–Kier alpha value is -3.72. The maximum Gasteiger partial charge on any atom is 0.276 e. The van der Waals surface area contributed by atoms with Crippen LogP contribution in [0.15, 0.2) is 60.6 Å². The number of methoxy groups -OCH3 is 1. The molecule has 1 aliphatic rings. The number of carbonyl (C=O) groups excluding carboxylic acids is 1. The minimum Gasteiger partial charge on any atom is -0.496 e. The molecular weight excluding hydrogens is 443 g/mol. The van der Waals surface area contributed by atoms with E-state index < -0.39 is 0 Å². The molecule has 0 atom stereocenters. The molecule has 2 aromatic carbocycles. The third-order valence-electron chi connectivity index (χ3n) is 5.14. The zero-order valence-electron chi connectivity index (χ0n) is 18.2. The summed E-state index contributed by atoms with van der Waals surface area (Å²) in [5.74, 6) is 0.662. The van der Waals surface area contributed by atoms with Crippen molar-refractivity contribution in [3.8, 4) is 11.5 Å². The third-order valence-corrected chi connectivity index (χ3v) is 5.46. The number of aromatic nitrogens is 2. The Bertz CT molecular complexity index is 1210. The number of aryl methyl sites for hydroxylation is 1. The van der Waals surface area contributed by atoms with E-state index in [0.717, 1.165) is 23.2 Å². The Morgan fingerprint density at radius 2 is 2.00 bits per heavy atom. The van der Waals surface area contributed by atoms with E-state index in [1.54, 1.807) is 36.2 Å². The summed E-state index contributed by atoms with van der Waals surface area (Å²) in [5.41, 5.74) is 2.86. The van der Waals surface area contributed by atoms with E-state index in [4.69, 9.17) is 21.7 Å². The number of benzene rings is 2. The highest BCUT2D eigenvalue weighted by Crippen LogP contribution is 2.25. The number of thiocarbonyl (C=S) groups is 1. The minimum absolute atomic E-state index is 0.204. The molecule has 1 saturated heterocycles. The quantitative estimate of drug-likeness (QED) is 0.401. The molecule has 1 aromatic heterocycles. The van der Waals surface area contributed by atoms with Crippen LogP contribution in [0, 0.1) is 5.82 Å². The summed E-state index contributed by atoms with van der Waals surface area (Å²) in [6, 6.07) is 11.3. The van der Waals surface area contributed by atoms with Gasteiger partial charge in [0.25, 0.3) is 5.91 Å². The van der Waals surface area contributed by atoms with Gasteiger partial charge in [-0.15, -0.1) is 0 Å². The van der Waals surface area contributed by atoms with Crippen molar-refractivity contribution < 1.29 is 18.7 Å². The first-order chi connectivity index (χ1) is 16.0. The van der Waals surface area contributed by atoms with Gasteiger partial charge in [-0.25, -0.2) is 4.39 Å². The first kappa shape index (κ1) is 22.5. The Morgan fingerprint density at radius 1 is 1.21 bits per heavy atom. The molecule has 1 amide bonds. The van der Waals surface area contributed by atoms with Crippen molar-refractivity contribution in [1.29, 1.82) is 0 Å². The molecule has 7 nitrogen and oxygen atoms in total. The highest BCUT2D eigenvalue weighted by Gasteiger charge is 2.30. The van der Waals surface area contributed by atoms with Crippen LogP contribution < -0.4 is 14.8 Å². The largest absolute Gasteiger partial charge is 0.496 e. The van der Waals surface area contributed by atoms with Crippen LogP contribution in [0.4, 0.5) is 4.39 Å². The standard InChI is InChI=1S/C24H23FN4O3S/c1-3-28-13-17(12-26-28)14-29-23(30)21(27-24(29)33)11-16-4-9-22(31-2)18(10-16)15-32-20-7-5-19(25)6-8-20/h4-13H,3,14-15H2,1-2H3,(H,27,33)/b21-11+. The van der Waals surface area contributed by atoms with Crippen LogP contribution in [0.3, 0.4) is 0 Å². The van der Waals surface area contributed by atoms with Gasteiger partial charge in [-0.2, -0.15) is 5.10 Å². The molecular formula is C24H23FN4O3S. The van der Waals surface area contributed by atoms with Crippen molar-refractivity contribution in [2.24, 2.45) is 0 Å². The van der Waals surface area contributed by atoms with E-state index in [-0.39, 0.29) is 18.3 Å². The number of hydrogen-bond donors (Lipinski definition) is 1. The van der Waals surface area contributed by atoms with Gasteiger partial charge in [0.1, 0.15) is 29.6 Å². The fourth-order valence-electron chi connectivity index (χ4n) is 3.42. The average Bonchev–Trinajstić information content (AvgIpc) is 3.38. The van der Waals surface area contributed by atoms with E-state index in [1.807, 2.05) is 31.3 Å². The Kier molecular flexibility index (Phi) is 6.69. The maximum absolute atomic E-state index is 13.1. The molecule has 170 valence electrons. The molecule has 4 rings (SSSR count). The molecule has 0 spiro atoms. The zero-order chi connectivity index (χ0) is 23.4. The Labute approximate surface area is 196 Å². The lowest BCUT2D eigenvalue weighted by atomic mass is 10.1. The number of ether oxygens (including phenoxy) is 2. The fraction of sp³-hybridized carbons (Fsp3) is 0.208. The second-order valence-electron chi connectivity index (χ2n) is 7.40. The van der Waals surface area contributed by atoms with Gasteiger partial charge in [0, 0.05) is 23.9 Å². The van der Waals surface area contributed by atoms with Crippen molar-refractivity contribution in [3.63, 3.8) is 0 Å². The average molecular weight is 467 g/mol. The summed E-state index contributed by atoms with van der Waals surface area (Å²) >= 11 is 5.37. The van der Waals surface area contributed by atoms with Crippen LogP contribution in [0.2, 0.25) is 0 Å². The van der Waals surface area contributed by atoms with Gasteiger partial charge in [0.15, 0.2) is 5.11 Å². The predicted octanol–water partition coefficient (Wildman–Crippen LogP) is 3.89. The molecule has 1 aliphatic heterocycles. The van der Waals surface area contributed by atoms with E-state index in [9.17, 15) is 9.18 Å². The number of halogens is 1. The van der Waals surface area contributed by atoms with Crippen LogP contribution in [-0.2, 0) is 24.5 Å². The Balaban J connectivity index is 1.50. The third kappa shape index (κ3) is 5.20. The highest BCUT2D eigenvalue weighted by molar-refractivity contribution is 7.80. The number of carbonyl (C=O) groups is 1. The number of rotatable bonds is 8. The monoisotopic (exact) mass is 466 g/mol. The van der Waals surface area contributed by atoms with E-state index in [1.165, 1.54) is 17.0 Å². The molecule has 1 N–H and O–H groups in total. The molecule has 0 saturated carbocycles. The zero-order valence-corrected chi connectivity index (χ0v) is 19.1. The van der Waals surface area contributed by atoms with Gasteiger partial charge in [0.2, 0.25) is 0 Å². The van der Waals surface area contributed by atoms with Gasteiger partial charge in [0.05, 0.1) is 19.9 Å². The second kappa shape index (κ2) is 9.83. The van der Waals surface area contributed by atoms with Gasteiger partial charge in [-0.1, -0.05) is 6.07 Å². The smallest absolute Gasteiger partial charge is 0.276 e. The topological polar surface area (TPSA) is 68.6 Å². The van der Waals surface area contributed by atoms with Crippen LogP contribution in [-0.4, -0.2) is 32.8 Å². The minimum atomic E-state index is -0.326. The summed E-state index contributed by atoms with van der Waals surface area (Å²) in [4.78, 5) is 14.5. The van der Waals surface area contributed by atoms with E-state index in [0.29, 0.717) is 28.9 Å². The van der Waals surface area contributed by atoms with Crippen molar-refractivity contribution >= 4 is 29.3 Å². The van der Waals surface area contributed by atoms with Crippen LogP contribution >= 0.6 is 12.2 Å². The normalized spacial score (nSPS) is 14.6. The van der Waals surface area contributed by atoms with Crippen molar-refractivity contribution in [1.82, 2.24) is 20.0 Å². The molecule has 0 bridgehead atoms. The van der Waals surface area contributed by atoms with Crippen molar-refractivity contribution in [3.05, 3.63) is 83.1 Å². The second-order valence-corrected chi connectivity index (χ2v) is 7.78. The van der Waals surface area contributed by atoms with Crippen molar-refractivity contribution in [2.75, 3.05) is 7.11 Å². The summed E-state index contributed by atoms with van der Waals surface area (Å²) in [6.07, 6.45) is 5.37. The first-order valence-electron chi connectivity index (χ1n) is 10.4. The summed E-state index contributed by atoms with van der Waals surface area (Å²) in [6.45, 7) is 3.33. The van der Waals surface area contributed by atoms with Crippen molar-refractivity contribution in [2.45, 2.75) is 26.6 Å². The molecule has 3 aromatic rings. The molecule has 1 fully saturated rings. The molecule has 0 unspecified atom stereocenters. The highest BCUT2D eigenvalue weighted by atomic mass is 32.1. The van der Waals surface area contributed by atoms with E-state index >= 15 is 0 Å². The maximum atomic E-state index is 13.1. The number of nitrogens with one attached hydrogen (secondary N) is 1. The molecule has 9 heteroatoms. The number of amides is 1. The van der Waals surface area contributed by atoms with Crippen LogP contribution in [0.5, 0.6) is 11.5 Å².